The van der Waals surface area contributed by atoms with Gasteiger partial charge in [-0.3, -0.25) is 4.79 Å². The number of carbonyl (C=O) groups excluding carboxylic acids is 1. The molecule has 0 aliphatic carbocycles. The molecular weight excluding hydrogens is 408 g/mol. The molecule has 1 aliphatic heterocycles. The van der Waals surface area contributed by atoms with Crippen molar-refractivity contribution in [1.29, 1.82) is 0 Å². The fourth-order valence-corrected chi connectivity index (χ4v) is 2.81. The molecule has 0 saturated carbocycles. The minimum absolute atomic E-state index is 0.173. The highest BCUT2D eigenvalue weighted by Crippen LogP contribution is 2.24. The fourth-order valence-electron chi connectivity index (χ4n) is 2.81. The monoisotopic (exact) mass is 432 g/mol. The van der Waals surface area contributed by atoms with E-state index in [-0.39, 0.29) is 6.61 Å². The first kappa shape index (κ1) is 22.7. The molecule has 5 atom stereocenters. The second kappa shape index (κ2) is 10.8. The Labute approximate surface area is 178 Å². The number of nitrogens with zero attached hydrogens (tertiary/aromatic N) is 1. The predicted molar refractivity (Wildman–Crippen MR) is 109 cm³/mol. The molecule has 0 bridgehead atoms. The third-order valence-electron chi connectivity index (χ3n) is 4.50. The number of ether oxygens (including phenoxy) is 3. The zero-order chi connectivity index (χ0) is 22.2. The number of carbonyl (C=O) groups is 1. The average Bonchev–Trinajstić information content (AvgIpc) is 2.80. The van der Waals surface area contributed by atoms with E-state index in [0.717, 1.165) is 0 Å². The normalized spacial score (nSPS) is 25.9. The van der Waals surface area contributed by atoms with Gasteiger partial charge >= 0.3 is 0 Å². The summed E-state index contributed by atoms with van der Waals surface area (Å²) in [5, 5.41) is 42.7. The molecule has 1 saturated heterocycles. The van der Waals surface area contributed by atoms with Crippen LogP contribution in [0, 0.1) is 0 Å². The molecule has 1 amide bonds. The summed E-state index contributed by atoms with van der Waals surface area (Å²) >= 11 is 0. The van der Waals surface area contributed by atoms with Gasteiger partial charge in [-0.15, -0.1) is 0 Å². The van der Waals surface area contributed by atoms with E-state index >= 15 is 0 Å². The summed E-state index contributed by atoms with van der Waals surface area (Å²) in [6, 6.07) is 15.4. The van der Waals surface area contributed by atoms with E-state index in [1.807, 2.05) is 6.07 Å². The van der Waals surface area contributed by atoms with Crippen LogP contribution in [0.15, 0.2) is 59.7 Å². The van der Waals surface area contributed by atoms with Crippen LogP contribution in [0.25, 0.3) is 0 Å². The molecule has 5 N–H and O–H groups in total. The fraction of sp³-hybridized carbons (Fsp3) is 0.333. The van der Waals surface area contributed by atoms with Gasteiger partial charge in [0.15, 0.2) is 6.61 Å². The van der Waals surface area contributed by atoms with Crippen molar-refractivity contribution >= 4 is 12.1 Å². The van der Waals surface area contributed by atoms with Crippen molar-refractivity contribution in [3.05, 3.63) is 60.2 Å². The van der Waals surface area contributed by atoms with Gasteiger partial charge in [0, 0.05) is 0 Å². The molecule has 0 spiro atoms. The van der Waals surface area contributed by atoms with Crippen molar-refractivity contribution < 1.29 is 39.4 Å². The molecule has 0 unspecified atom stereocenters. The minimum Gasteiger partial charge on any atom is -0.484 e. The van der Waals surface area contributed by atoms with Crippen LogP contribution in [0.3, 0.4) is 0 Å². The molecule has 166 valence electrons. The molecule has 1 fully saturated rings. The number of benzene rings is 2. The number of aliphatic hydroxyl groups is 4. The number of hydrogen-bond acceptors (Lipinski definition) is 9. The van der Waals surface area contributed by atoms with Crippen molar-refractivity contribution in [2.24, 2.45) is 5.10 Å². The van der Waals surface area contributed by atoms with Crippen molar-refractivity contribution in [1.82, 2.24) is 5.43 Å². The van der Waals surface area contributed by atoms with Crippen LogP contribution >= 0.6 is 0 Å². The number of amides is 1. The van der Waals surface area contributed by atoms with Crippen LogP contribution in [0.1, 0.15) is 5.56 Å². The van der Waals surface area contributed by atoms with E-state index in [1.54, 1.807) is 48.5 Å². The Bertz CT molecular complexity index is 859. The largest absolute Gasteiger partial charge is 0.484 e. The summed E-state index contributed by atoms with van der Waals surface area (Å²) in [4.78, 5) is 11.8. The van der Waals surface area contributed by atoms with Gasteiger partial charge in [0.1, 0.15) is 35.9 Å². The summed E-state index contributed by atoms with van der Waals surface area (Å²) < 4.78 is 16.1. The molecule has 31 heavy (non-hydrogen) atoms. The highest BCUT2D eigenvalue weighted by Gasteiger charge is 2.44. The lowest BCUT2D eigenvalue weighted by Crippen LogP contribution is -2.60. The summed E-state index contributed by atoms with van der Waals surface area (Å²) in [6.07, 6.45) is -5.35. The zero-order valence-corrected chi connectivity index (χ0v) is 16.4. The van der Waals surface area contributed by atoms with E-state index in [4.69, 9.17) is 14.2 Å². The number of hydrogen-bond donors (Lipinski definition) is 5. The summed E-state index contributed by atoms with van der Waals surface area (Å²) in [5.74, 6) is 0.487. The highest BCUT2D eigenvalue weighted by atomic mass is 16.7. The number of nitrogens with one attached hydrogen (secondary N) is 1. The quantitative estimate of drug-likeness (QED) is 0.274. The first-order valence-corrected chi connectivity index (χ1v) is 9.55. The molecule has 2 aromatic rings. The zero-order valence-electron chi connectivity index (χ0n) is 16.4. The lowest BCUT2D eigenvalue weighted by Gasteiger charge is -2.39. The molecular formula is C21H24N2O8. The Kier molecular flexibility index (Phi) is 7.93. The van der Waals surface area contributed by atoms with E-state index in [1.165, 1.54) is 6.21 Å². The first-order valence-electron chi connectivity index (χ1n) is 9.55. The van der Waals surface area contributed by atoms with Gasteiger partial charge < -0.3 is 34.6 Å². The van der Waals surface area contributed by atoms with Crippen molar-refractivity contribution in [3.8, 4) is 11.5 Å². The van der Waals surface area contributed by atoms with Crippen LogP contribution in [0.4, 0.5) is 0 Å². The number of hydrazone groups is 1. The van der Waals surface area contributed by atoms with Gasteiger partial charge in [0.2, 0.25) is 6.29 Å². The number of rotatable bonds is 8. The van der Waals surface area contributed by atoms with Crippen LogP contribution in [0.2, 0.25) is 0 Å². The lowest BCUT2D eigenvalue weighted by atomic mass is 9.99. The summed E-state index contributed by atoms with van der Waals surface area (Å²) in [5.41, 5.74) is 3.01. The SMILES string of the molecule is O=C(COc1ccccc1)NN=Cc1ccc(O[C@H]2O[C@@H](CO)[C@H](O)[C@@H](O)[C@@H]2O)cc1. The second-order valence-electron chi connectivity index (χ2n) is 6.78. The molecule has 0 aromatic heterocycles. The third-order valence-corrected chi connectivity index (χ3v) is 4.50. The highest BCUT2D eigenvalue weighted by molar-refractivity contribution is 5.83. The van der Waals surface area contributed by atoms with Gasteiger partial charge in [-0.2, -0.15) is 5.10 Å². The number of aliphatic hydroxyl groups excluding tert-OH is 4. The van der Waals surface area contributed by atoms with Crippen LogP contribution < -0.4 is 14.9 Å². The molecule has 0 radical (unpaired) electrons. The van der Waals surface area contributed by atoms with Crippen molar-refractivity contribution in [2.75, 3.05) is 13.2 Å². The van der Waals surface area contributed by atoms with Gasteiger partial charge in [-0.1, -0.05) is 18.2 Å². The maximum atomic E-state index is 11.8. The Hall–Kier alpha value is -3.02. The molecule has 10 nitrogen and oxygen atoms in total. The molecule has 1 aliphatic rings. The molecule has 10 heteroatoms. The molecule has 2 aromatic carbocycles. The predicted octanol–water partition coefficient (Wildman–Crippen LogP) is -0.606. The maximum absolute atomic E-state index is 11.8. The molecule has 1 heterocycles. The minimum atomic E-state index is -1.52. The number of para-hydroxylation sites is 1. The Balaban J connectivity index is 1.48. The summed E-state index contributed by atoms with van der Waals surface area (Å²) in [6.45, 7) is -0.713. The smallest absolute Gasteiger partial charge is 0.277 e. The second-order valence-corrected chi connectivity index (χ2v) is 6.78. The maximum Gasteiger partial charge on any atom is 0.277 e. The van der Waals surface area contributed by atoms with E-state index in [9.17, 15) is 25.2 Å². The van der Waals surface area contributed by atoms with Crippen LogP contribution in [0.5, 0.6) is 11.5 Å². The van der Waals surface area contributed by atoms with Gasteiger partial charge in [0.05, 0.1) is 12.8 Å². The Morgan fingerprint density at radius 1 is 1.00 bits per heavy atom. The third kappa shape index (κ3) is 6.23. The van der Waals surface area contributed by atoms with E-state index in [0.29, 0.717) is 17.1 Å². The van der Waals surface area contributed by atoms with Crippen molar-refractivity contribution in [2.45, 2.75) is 30.7 Å². The van der Waals surface area contributed by atoms with Gasteiger partial charge in [-0.25, -0.2) is 5.43 Å². The van der Waals surface area contributed by atoms with Crippen LogP contribution in [-0.4, -0.2) is 76.5 Å². The lowest BCUT2D eigenvalue weighted by molar-refractivity contribution is -0.277. The van der Waals surface area contributed by atoms with Gasteiger partial charge in [-0.05, 0) is 42.0 Å². The Morgan fingerprint density at radius 3 is 2.39 bits per heavy atom. The van der Waals surface area contributed by atoms with E-state index < -0.39 is 43.2 Å². The van der Waals surface area contributed by atoms with E-state index in [2.05, 4.69) is 10.5 Å². The van der Waals surface area contributed by atoms with Crippen molar-refractivity contribution in [3.63, 3.8) is 0 Å². The Morgan fingerprint density at radius 2 is 1.71 bits per heavy atom. The van der Waals surface area contributed by atoms with Crippen LogP contribution in [-0.2, 0) is 9.53 Å². The topological polar surface area (TPSA) is 150 Å². The first-order chi connectivity index (χ1) is 15.0. The average molecular weight is 432 g/mol. The van der Waals surface area contributed by atoms with Gasteiger partial charge in [0.25, 0.3) is 5.91 Å². The summed E-state index contributed by atoms with van der Waals surface area (Å²) in [7, 11) is 0. The molecule has 3 rings (SSSR count). The standard InChI is InChI=1S/C21H24N2O8/c24-11-16-18(26)19(27)20(28)21(31-16)30-15-8-6-13(7-9-15)10-22-23-17(25)12-29-14-4-2-1-3-5-14/h1-10,16,18-21,24,26-28H,11-12H2,(H,23,25)/t16-,18-,19+,20-,21-/m0/s1.